The van der Waals surface area contributed by atoms with Gasteiger partial charge in [0.05, 0.1) is 0 Å². The minimum absolute atomic E-state index is 0. The summed E-state index contributed by atoms with van der Waals surface area (Å²) in [7, 11) is -10.3. The molecule has 0 spiro atoms. The molecule has 0 amide bonds. The molecule has 0 aromatic carbocycles. The first-order chi connectivity index (χ1) is 22.9. The Balaban J connectivity index is 0.000000336. The molecule has 5 aliphatic rings. The molecule has 0 atom stereocenters. The van der Waals surface area contributed by atoms with Crippen molar-refractivity contribution in [3.63, 3.8) is 0 Å². The molecule has 1 nitrogen and oxygen atoms in total. The first-order valence-electron chi connectivity index (χ1n) is 18.7. The third kappa shape index (κ3) is 29.5. The van der Waals surface area contributed by atoms with Crippen LogP contribution in [0.25, 0.3) is 0 Å². The van der Waals surface area contributed by atoms with Crippen LogP contribution in [0.4, 0.5) is 25.2 Å². The van der Waals surface area contributed by atoms with Crippen LogP contribution in [0.2, 0.25) is 0 Å². The second-order valence-electron chi connectivity index (χ2n) is 13.5. The number of aromatic nitrogens is 1. The molecule has 10 heteroatoms. The van der Waals surface area contributed by atoms with E-state index in [1.54, 1.807) is 89.4 Å². The second-order valence-corrected chi connectivity index (χ2v) is 18.5. The van der Waals surface area contributed by atoms with Crippen molar-refractivity contribution in [2.75, 3.05) is 0 Å². The van der Waals surface area contributed by atoms with E-state index in [-0.39, 0.29) is 20.1 Å². The van der Waals surface area contributed by atoms with Crippen LogP contribution < -0.4 is 0 Å². The fraction of sp³-hybridized carbons (Fsp3) is 0.667. The van der Waals surface area contributed by atoms with E-state index in [1.165, 1.54) is 87.6 Å². The van der Waals surface area contributed by atoms with E-state index >= 15 is 0 Å². The van der Waals surface area contributed by atoms with Gasteiger partial charge in [0.15, 0.2) is 0 Å². The van der Waals surface area contributed by atoms with Crippen molar-refractivity contribution >= 4 is 15.7 Å². The number of hydrogen-bond donors (Lipinski definition) is 0. The Morgan fingerprint density at radius 3 is 0.776 bits per heavy atom. The van der Waals surface area contributed by atoms with Crippen LogP contribution in [0.3, 0.4) is 0 Å². The van der Waals surface area contributed by atoms with Crippen molar-refractivity contribution in [3.8, 4) is 0 Å². The molecule has 0 unspecified atom stereocenters. The Kier molecular flexibility index (Phi) is 23.8. The molecule has 0 bridgehead atoms. The van der Waals surface area contributed by atoms with Crippen molar-refractivity contribution in [2.24, 2.45) is 0 Å². The predicted octanol–water partition coefficient (Wildman–Crippen LogP) is 16.3. The van der Waals surface area contributed by atoms with Crippen LogP contribution >= 0.6 is 15.7 Å². The van der Waals surface area contributed by atoms with E-state index in [4.69, 9.17) is 0 Å². The third-order valence-electron chi connectivity index (χ3n) is 9.22. The summed E-state index contributed by atoms with van der Waals surface area (Å²) in [6.45, 7) is 0. The standard InChI is InChI=1S/C18H33P.2C8H12.C5H5N.F6P.Ir/c1-4-10-16(11-5-1)19(17-12-6-2-7-13-17)18-14-8-3-9-15-18;2*1-2-4-6-8-7-5-3-1;1-2-4-6-5-3-1;1-7(2,3,4,5)6;/h16-18H,1-15H2;2*1-2,7-8H,3-6H2;1-5H;;/q;;;;-1;. The van der Waals surface area contributed by atoms with E-state index in [9.17, 15) is 25.2 Å². The second kappa shape index (κ2) is 25.2. The third-order valence-corrected chi connectivity index (χ3v) is 13.3. The van der Waals surface area contributed by atoms with Crippen molar-refractivity contribution < 1.29 is 45.3 Å². The van der Waals surface area contributed by atoms with Crippen molar-refractivity contribution in [1.29, 1.82) is 0 Å². The van der Waals surface area contributed by atoms with Crippen molar-refractivity contribution in [3.05, 3.63) is 79.2 Å². The maximum Gasteiger partial charge on any atom is 0.0267 e. The summed E-state index contributed by atoms with van der Waals surface area (Å²) in [5, 5.41) is 0. The molecule has 3 fully saturated rings. The zero-order valence-corrected chi connectivity index (χ0v) is 33.6. The predicted molar refractivity (Wildman–Crippen MR) is 199 cm³/mol. The Labute approximate surface area is 308 Å². The van der Waals surface area contributed by atoms with Gasteiger partial charge in [0.2, 0.25) is 0 Å². The summed E-state index contributed by atoms with van der Waals surface area (Å²) in [5.74, 6) is 0. The van der Waals surface area contributed by atoms with Gasteiger partial charge in [0, 0.05) is 32.5 Å². The number of halogens is 6. The Morgan fingerprint density at radius 1 is 0.388 bits per heavy atom. The van der Waals surface area contributed by atoms with Crippen LogP contribution in [-0.2, 0) is 20.1 Å². The number of rotatable bonds is 3. The summed E-state index contributed by atoms with van der Waals surface area (Å²) in [4.78, 5) is 3.78. The van der Waals surface area contributed by atoms with Crippen LogP contribution in [0.1, 0.15) is 148 Å². The molecular weight excluding hydrogens is 851 g/mol. The average molecular weight is 913 g/mol. The topological polar surface area (TPSA) is 12.9 Å². The molecule has 6 rings (SSSR count). The van der Waals surface area contributed by atoms with Crippen LogP contribution in [0, 0.1) is 0 Å². The van der Waals surface area contributed by atoms with Gasteiger partial charge in [0.25, 0.3) is 0 Å². The van der Waals surface area contributed by atoms with Crippen molar-refractivity contribution in [1.82, 2.24) is 4.98 Å². The first-order valence-corrected chi connectivity index (χ1v) is 22.3. The summed E-state index contributed by atoms with van der Waals surface area (Å²) in [6, 6.07) is 5.72. The molecule has 1 aromatic heterocycles. The van der Waals surface area contributed by atoms with E-state index in [2.05, 4.69) is 53.6 Å². The minimum atomic E-state index is -10.7. The van der Waals surface area contributed by atoms with Crippen molar-refractivity contribution in [2.45, 2.75) is 165 Å². The Hall–Kier alpha value is -0.801. The number of nitrogens with zero attached hydrogens (tertiary/aromatic N) is 1. The van der Waals surface area contributed by atoms with E-state index < -0.39 is 7.81 Å². The van der Waals surface area contributed by atoms with E-state index in [0.717, 1.165) is 0 Å². The maximum absolute atomic E-state index is 10.7. The molecule has 0 aliphatic heterocycles. The molecule has 1 heterocycles. The van der Waals surface area contributed by atoms with Crippen LogP contribution in [0.5, 0.6) is 0 Å². The van der Waals surface area contributed by atoms with Gasteiger partial charge in [-0.15, -0.1) is 0 Å². The van der Waals surface area contributed by atoms with Gasteiger partial charge < -0.3 is 0 Å². The van der Waals surface area contributed by atoms with Gasteiger partial charge >= 0.3 is 33.0 Å². The summed E-state index contributed by atoms with van der Waals surface area (Å²) in [5.41, 5.74) is 3.57. The summed E-state index contributed by atoms with van der Waals surface area (Å²) >= 11 is 0. The Bertz CT molecular complexity index is 884. The van der Waals surface area contributed by atoms with E-state index in [0.29, 0.717) is 7.92 Å². The van der Waals surface area contributed by atoms with Crippen LogP contribution in [-0.4, -0.2) is 22.0 Å². The molecular formula is C39H62F6IrNP2-. The van der Waals surface area contributed by atoms with Gasteiger partial charge in [-0.25, -0.2) is 0 Å². The normalized spacial score (nSPS) is 22.0. The molecule has 5 aliphatic carbocycles. The zero-order valence-electron chi connectivity index (χ0n) is 29.4. The summed E-state index contributed by atoms with van der Waals surface area (Å²) in [6.07, 6.45) is 55.1. The average Bonchev–Trinajstić information content (AvgIpc) is 3.03. The molecule has 3 saturated carbocycles. The fourth-order valence-corrected chi connectivity index (χ4v) is 11.7. The monoisotopic (exact) mass is 913 g/mol. The van der Waals surface area contributed by atoms with Crippen LogP contribution in [0.15, 0.2) is 79.2 Å². The summed E-state index contributed by atoms with van der Waals surface area (Å²) < 4.78 is 59.2. The fourth-order valence-electron chi connectivity index (χ4n) is 7.06. The maximum atomic E-state index is 9.87. The minimum Gasteiger partial charge on any atom is -0.265 e. The molecule has 0 saturated heterocycles. The van der Waals surface area contributed by atoms with Gasteiger partial charge in [-0.3, -0.25) is 4.98 Å². The number of allylic oxidation sites excluding steroid dienone is 8. The van der Waals surface area contributed by atoms with Gasteiger partial charge in [-0.2, -0.15) is 0 Å². The molecule has 285 valence electrons. The molecule has 0 N–H and O–H groups in total. The number of hydrogen-bond acceptors (Lipinski definition) is 1. The molecule has 1 radical (unpaired) electrons. The molecule has 1 aromatic rings. The smallest absolute Gasteiger partial charge is 0.0267 e. The largest absolute Gasteiger partial charge is 0.265 e. The zero-order chi connectivity index (χ0) is 34.9. The number of pyridine rings is 1. The van der Waals surface area contributed by atoms with E-state index in [1.807, 2.05) is 18.2 Å². The van der Waals surface area contributed by atoms with Gasteiger partial charge in [0.1, 0.15) is 0 Å². The van der Waals surface area contributed by atoms with Gasteiger partial charge in [-0.1, -0.05) is 120 Å². The van der Waals surface area contributed by atoms with Gasteiger partial charge in [-0.05, 0) is 119 Å². The Morgan fingerprint density at radius 2 is 0.612 bits per heavy atom. The molecule has 49 heavy (non-hydrogen) atoms. The first kappa shape index (κ1) is 46.2. The quantitative estimate of drug-likeness (QED) is 0.167. The SMILES string of the molecule is C1=CCCC=CCC1.C1=CCCC=CCC1.C1CCC(P(C2CCCCC2)C2CCCCC2)CC1.F[P-](F)(F)(F)(F)F.[Ir].c1ccncc1.